The SMILES string of the molecule is COC(=O)Nc1cc(C(F)(F)F)cc(Br)c1NC(=O)c1cc(Br)nn1-c1ncccc1Cl. The topological polar surface area (TPSA) is 98.1 Å². The summed E-state index contributed by atoms with van der Waals surface area (Å²) in [5.74, 6) is -0.609. The monoisotopic (exact) mass is 595 g/mol. The van der Waals surface area contributed by atoms with Gasteiger partial charge in [-0.1, -0.05) is 11.6 Å². The van der Waals surface area contributed by atoms with Crippen LogP contribution in [0.5, 0.6) is 0 Å². The summed E-state index contributed by atoms with van der Waals surface area (Å²) < 4.78 is 45.4. The second-order valence-corrected chi connectivity index (χ2v) is 8.10. The zero-order valence-electron chi connectivity index (χ0n) is 15.8. The van der Waals surface area contributed by atoms with E-state index < -0.39 is 23.7 Å². The molecule has 168 valence electrons. The van der Waals surface area contributed by atoms with Gasteiger partial charge in [0.05, 0.1) is 29.1 Å². The third-order valence-corrected chi connectivity index (χ3v) is 5.24. The Bertz CT molecular complexity index is 1200. The molecule has 0 fully saturated rings. The van der Waals surface area contributed by atoms with Crippen molar-refractivity contribution in [1.29, 1.82) is 0 Å². The number of anilines is 2. The number of benzene rings is 1. The van der Waals surface area contributed by atoms with E-state index in [-0.39, 0.29) is 37.0 Å². The van der Waals surface area contributed by atoms with Crippen molar-refractivity contribution in [2.24, 2.45) is 0 Å². The number of amides is 2. The quantitative estimate of drug-likeness (QED) is 0.391. The average molecular weight is 598 g/mol. The smallest absolute Gasteiger partial charge is 0.416 e. The summed E-state index contributed by atoms with van der Waals surface area (Å²) >= 11 is 12.3. The first kappa shape index (κ1) is 24.0. The molecule has 0 aliphatic rings. The highest BCUT2D eigenvalue weighted by Gasteiger charge is 2.33. The first-order valence-electron chi connectivity index (χ1n) is 8.44. The van der Waals surface area contributed by atoms with Crippen molar-refractivity contribution < 1.29 is 27.5 Å². The summed E-state index contributed by atoms with van der Waals surface area (Å²) in [7, 11) is 1.04. The first-order chi connectivity index (χ1) is 15.0. The maximum absolute atomic E-state index is 13.2. The number of rotatable bonds is 4. The fourth-order valence-electron chi connectivity index (χ4n) is 2.54. The van der Waals surface area contributed by atoms with Gasteiger partial charge < -0.3 is 10.1 Å². The lowest BCUT2D eigenvalue weighted by Crippen LogP contribution is -2.20. The molecule has 0 saturated heterocycles. The Kier molecular flexibility index (Phi) is 7.10. The van der Waals surface area contributed by atoms with E-state index >= 15 is 0 Å². The van der Waals surface area contributed by atoms with Crippen LogP contribution in [0, 0.1) is 0 Å². The summed E-state index contributed by atoms with van der Waals surface area (Å²) in [5.41, 5.74) is -1.56. The van der Waals surface area contributed by atoms with Crippen LogP contribution in [0.1, 0.15) is 16.1 Å². The van der Waals surface area contributed by atoms with E-state index in [1.165, 1.54) is 12.3 Å². The van der Waals surface area contributed by atoms with Crippen LogP contribution in [0.15, 0.2) is 45.6 Å². The van der Waals surface area contributed by atoms with E-state index in [4.69, 9.17) is 11.6 Å². The number of aromatic nitrogens is 3. The maximum Gasteiger partial charge on any atom is 0.416 e. The minimum absolute atomic E-state index is 0.0340. The Labute approximate surface area is 200 Å². The number of methoxy groups -OCH3 is 1. The van der Waals surface area contributed by atoms with E-state index in [9.17, 15) is 22.8 Å². The molecule has 0 radical (unpaired) electrons. The van der Waals surface area contributed by atoms with Crippen LogP contribution in [-0.2, 0) is 10.9 Å². The molecule has 2 amide bonds. The first-order valence-corrected chi connectivity index (χ1v) is 10.4. The number of carbonyl (C=O) groups is 2. The van der Waals surface area contributed by atoms with Crippen molar-refractivity contribution in [2.45, 2.75) is 6.18 Å². The van der Waals surface area contributed by atoms with Crippen LogP contribution in [-0.4, -0.2) is 33.9 Å². The molecule has 0 spiro atoms. The number of ether oxygens (including phenoxy) is 1. The van der Waals surface area contributed by atoms with Gasteiger partial charge in [-0.05, 0) is 56.1 Å². The lowest BCUT2D eigenvalue weighted by Gasteiger charge is -2.17. The number of halogens is 6. The van der Waals surface area contributed by atoms with Crippen LogP contribution in [0.4, 0.5) is 29.3 Å². The molecule has 2 aromatic heterocycles. The van der Waals surface area contributed by atoms with Crippen molar-refractivity contribution >= 4 is 66.8 Å². The van der Waals surface area contributed by atoms with Crippen LogP contribution < -0.4 is 10.6 Å². The lowest BCUT2D eigenvalue weighted by molar-refractivity contribution is -0.137. The van der Waals surface area contributed by atoms with E-state index in [1.807, 2.05) is 0 Å². The van der Waals surface area contributed by atoms with Gasteiger partial charge in [0.25, 0.3) is 5.91 Å². The van der Waals surface area contributed by atoms with Crippen LogP contribution in [0.3, 0.4) is 0 Å². The van der Waals surface area contributed by atoms with Gasteiger partial charge >= 0.3 is 12.3 Å². The largest absolute Gasteiger partial charge is 0.453 e. The molecule has 32 heavy (non-hydrogen) atoms. The molecule has 3 rings (SSSR count). The number of pyridine rings is 1. The van der Waals surface area contributed by atoms with Crippen LogP contribution in [0.25, 0.3) is 5.82 Å². The molecule has 8 nitrogen and oxygen atoms in total. The number of alkyl halides is 3. The van der Waals surface area contributed by atoms with Gasteiger partial charge in [0.1, 0.15) is 10.3 Å². The third-order valence-electron chi connectivity index (χ3n) is 3.93. The van der Waals surface area contributed by atoms with Crippen LogP contribution >= 0.6 is 43.5 Å². The Balaban J connectivity index is 2.05. The minimum Gasteiger partial charge on any atom is -0.453 e. The predicted molar refractivity (Wildman–Crippen MR) is 117 cm³/mol. The van der Waals surface area contributed by atoms with E-state index in [1.54, 1.807) is 12.1 Å². The summed E-state index contributed by atoms with van der Waals surface area (Å²) in [6, 6.07) is 5.94. The van der Waals surface area contributed by atoms with Gasteiger partial charge in [0, 0.05) is 16.7 Å². The molecule has 0 atom stereocenters. The Morgan fingerprint density at radius 3 is 2.53 bits per heavy atom. The highest BCUT2D eigenvalue weighted by molar-refractivity contribution is 9.10. The molecule has 0 unspecified atom stereocenters. The van der Waals surface area contributed by atoms with Crippen molar-refractivity contribution in [3.8, 4) is 5.82 Å². The molecule has 1 aromatic carbocycles. The van der Waals surface area contributed by atoms with Crippen molar-refractivity contribution in [1.82, 2.24) is 14.8 Å². The Morgan fingerprint density at radius 1 is 1.19 bits per heavy atom. The fraction of sp³-hybridized carbons (Fsp3) is 0.111. The molecule has 0 aliphatic heterocycles. The van der Waals surface area contributed by atoms with Gasteiger partial charge in [0.2, 0.25) is 0 Å². The number of nitrogens with one attached hydrogen (secondary N) is 2. The zero-order valence-corrected chi connectivity index (χ0v) is 19.7. The van der Waals surface area contributed by atoms with Gasteiger partial charge in [-0.25, -0.2) is 14.5 Å². The van der Waals surface area contributed by atoms with E-state index in [0.717, 1.165) is 17.9 Å². The summed E-state index contributed by atoms with van der Waals surface area (Å²) in [6.45, 7) is 0. The van der Waals surface area contributed by atoms with E-state index in [2.05, 4.69) is 57.3 Å². The molecular formula is C18H11Br2ClF3N5O3. The number of hydrogen-bond donors (Lipinski definition) is 2. The highest BCUT2D eigenvalue weighted by atomic mass is 79.9. The zero-order chi connectivity index (χ0) is 23.6. The average Bonchev–Trinajstić information content (AvgIpc) is 3.11. The molecule has 2 heterocycles. The standard InChI is InChI=1S/C18H11Br2ClF3N5O3/c1-32-17(31)26-11-6-8(18(22,23)24)5-9(19)14(11)27-16(30)12-7-13(20)28-29(12)15-10(21)3-2-4-25-15/h2-7H,1H3,(H,26,31)(H,27,30). The van der Waals surface area contributed by atoms with Crippen LogP contribution in [0.2, 0.25) is 5.02 Å². The molecular weight excluding hydrogens is 586 g/mol. The molecule has 0 saturated carbocycles. The number of carbonyl (C=O) groups excluding carboxylic acids is 2. The molecule has 14 heteroatoms. The molecule has 0 bridgehead atoms. The Hall–Kier alpha value is -2.64. The van der Waals surface area contributed by atoms with Crippen molar-refractivity contribution in [2.75, 3.05) is 17.7 Å². The van der Waals surface area contributed by atoms with Gasteiger partial charge in [-0.15, -0.1) is 0 Å². The van der Waals surface area contributed by atoms with E-state index in [0.29, 0.717) is 6.07 Å². The van der Waals surface area contributed by atoms with Gasteiger partial charge in [0.15, 0.2) is 5.82 Å². The number of nitrogens with zero attached hydrogens (tertiary/aromatic N) is 3. The second-order valence-electron chi connectivity index (χ2n) is 6.02. The van der Waals surface area contributed by atoms with Gasteiger partial charge in [-0.2, -0.15) is 18.3 Å². The third kappa shape index (κ3) is 5.22. The maximum atomic E-state index is 13.2. The van der Waals surface area contributed by atoms with Crippen molar-refractivity contribution in [3.63, 3.8) is 0 Å². The highest BCUT2D eigenvalue weighted by Crippen LogP contribution is 2.39. The predicted octanol–water partition coefficient (Wildman–Crippen LogP) is 5.90. The minimum atomic E-state index is -4.70. The van der Waals surface area contributed by atoms with Crippen molar-refractivity contribution in [3.05, 3.63) is 61.9 Å². The summed E-state index contributed by atoms with van der Waals surface area (Å²) in [6.07, 6.45) is -4.28. The Morgan fingerprint density at radius 2 is 1.91 bits per heavy atom. The molecule has 0 aliphatic carbocycles. The normalized spacial score (nSPS) is 11.2. The van der Waals surface area contributed by atoms with Gasteiger partial charge in [-0.3, -0.25) is 10.1 Å². The lowest BCUT2D eigenvalue weighted by atomic mass is 10.1. The molecule has 2 N–H and O–H groups in total. The molecule has 3 aromatic rings. The second kappa shape index (κ2) is 9.46. The summed E-state index contributed by atoms with van der Waals surface area (Å²) in [5, 5.41) is 8.97. The number of hydrogen-bond acceptors (Lipinski definition) is 5. The fourth-order valence-corrected chi connectivity index (χ4v) is 3.68. The summed E-state index contributed by atoms with van der Waals surface area (Å²) in [4.78, 5) is 28.8.